The number of aliphatic hydroxyl groups excluding tert-OH is 3. The summed E-state index contributed by atoms with van der Waals surface area (Å²) in [5.41, 5.74) is 0.842. The van der Waals surface area contributed by atoms with Gasteiger partial charge in [0.2, 0.25) is 0 Å². The topological polar surface area (TPSA) is 174 Å². The van der Waals surface area contributed by atoms with E-state index >= 15 is 0 Å². The molecule has 0 bridgehead atoms. The molecule has 1 aromatic carbocycles. The van der Waals surface area contributed by atoms with Gasteiger partial charge in [0.1, 0.15) is 0 Å². The van der Waals surface area contributed by atoms with Crippen molar-refractivity contribution in [2.45, 2.75) is 24.5 Å². The number of hydrogen-bond donors (Lipinski definition) is 3. The van der Waals surface area contributed by atoms with Crippen molar-refractivity contribution in [2.75, 3.05) is 6.61 Å². The molecule has 0 saturated carbocycles. The van der Waals surface area contributed by atoms with E-state index in [9.17, 15) is 30.2 Å². The molecule has 4 rings (SSSR count). The molecule has 1 aliphatic rings. The first-order valence-corrected chi connectivity index (χ1v) is 10.4. The molecule has 0 amide bonds. The average Bonchev–Trinajstić information content (AvgIpc) is 3.30. The van der Waals surface area contributed by atoms with Crippen molar-refractivity contribution < 1.29 is 29.8 Å². The molecular formula is C17H15N5O7Se. The molecule has 12 nitrogen and oxygen atoms in total. The fourth-order valence-electron chi connectivity index (χ4n) is 3.07. The van der Waals surface area contributed by atoms with Crippen molar-refractivity contribution >= 4 is 41.1 Å². The zero-order valence-electron chi connectivity index (χ0n) is 15.1. The van der Waals surface area contributed by atoms with Crippen LogP contribution in [0.5, 0.6) is 0 Å². The molecule has 3 heterocycles. The van der Waals surface area contributed by atoms with Gasteiger partial charge in [0, 0.05) is 0 Å². The standard InChI is InChI=1S/C17H15N5O7Se/c23-5-10-12(24)13(25)16(29-10)21-7-20-11-14(21)18-6-19-15(11)30-17(26)8-1-3-9(4-2-8)22(27)28/h1-4,6-7,10,12-13,16,23-25H,5H2/t10-,12-,13-,16-/m1/s1. The van der Waals surface area contributed by atoms with E-state index in [0.717, 1.165) is 0 Å². The summed E-state index contributed by atoms with van der Waals surface area (Å²) in [4.78, 5) is 35.3. The van der Waals surface area contributed by atoms with Gasteiger partial charge in [-0.25, -0.2) is 0 Å². The number of non-ortho nitro benzene ring substituents is 1. The Morgan fingerprint density at radius 3 is 2.57 bits per heavy atom. The van der Waals surface area contributed by atoms with Crippen LogP contribution in [0.25, 0.3) is 11.2 Å². The van der Waals surface area contributed by atoms with E-state index in [-0.39, 0.29) is 10.4 Å². The Morgan fingerprint density at radius 1 is 1.20 bits per heavy atom. The summed E-state index contributed by atoms with van der Waals surface area (Å²) in [5.74, 6) is 0. The number of benzene rings is 1. The van der Waals surface area contributed by atoms with E-state index in [4.69, 9.17) is 4.74 Å². The molecule has 3 aromatic rings. The molecule has 2 aromatic heterocycles. The molecule has 156 valence electrons. The summed E-state index contributed by atoms with van der Waals surface area (Å²) in [6.07, 6.45) is -1.92. The molecule has 3 N–H and O–H groups in total. The van der Waals surface area contributed by atoms with Crippen LogP contribution in [0.2, 0.25) is 0 Å². The summed E-state index contributed by atoms with van der Waals surface area (Å²) >= 11 is -0.793. The second-order valence-corrected chi connectivity index (χ2v) is 8.44. The number of rotatable bonds is 6. The zero-order valence-corrected chi connectivity index (χ0v) is 16.8. The number of aromatic nitrogens is 4. The summed E-state index contributed by atoms with van der Waals surface area (Å²) in [6.45, 7) is -0.464. The molecule has 1 saturated heterocycles. The van der Waals surface area contributed by atoms with Crippen LogP contribution in [0.1, 0.15) is 16.6 Å². The van der Waals surface area contributed by atoms with E-state index in [1.165, 1.54) is 41.5 Å². The first-order chi connectivity index (χ1) is 14.4. The van der Waals surface area contributed by atoms with Crippen molar-refractivity contribution in [1.29, 1.82) is 0 Å². The number of fused-ring (bicyclic) bond motifs is 1. The monoisotopic (exact) mass is 481 g/mol. The second-order valence-electron chi connectivity index (χ2n) is 6.43. The number of nitrogens with zero attached hydrogens (tertiary/aromatic N) is 5. The molecule has 1 aliphatic heterocycles. The number of nitro groups is 1. The van der Waals surface area contributed by atoms with Gasteiger partial charge in [-0.3, -0.25) is 0 Å². The number of nitro benzene ring substituents is 1. The maximum atomic E-state index is 12.6. The second kappa shape index (κ2) is 8.14. The van der Waals surface area contributed by atoms with Gasteiger partial charge in [-0.15, -0.1) is 0 Å². The molecule has 0 spiro atoms. The van der Waals surface area contributed by atoms with Crippen LogP contribution >= 0.6 is 0 Å². The molecule has 0 unspecified atom stereocenters. The molecule has 30 heavy (non-hydrogen) atoms. The predicted octanol–water partition coefficient (Wildman–Crippen LogP) is -1.48. The summed E-state index contributed by atoms with van der Waals surface area (Å²) in [5, 5.41) is 40.2. The van der Waals surface area contributed by atoms with Gasteiger partial charge in [-0.2, -0.15) is 0 Å². The van der Waals surface area contributed by atoms with E-state index in [0.29, 0.717) is 21.3 Å². The number of carbonyl (C=O) groups is 1. The van der Waals surface area contributed by atoms with Crippen molar-refractivity contribution in [3.05, 3.63) is 52.6 Å². The van der Waals surface area contributed by atoms with Gasteiger partial charge >= 0.3 is 174 Å². The van der Waals surface area contributed by atoms with Crippen LogP contribution < -0.4 is 4.59 Å². The van der Waals surface area contributed by atoms with Crippen molar-refractivity contribution in [1.82, 2.24) is 19.5 Å². The average molecular weight is 480 g/mol. The number of carbonyl (C=O) groups excluding carboxylic acids is 1. The third-order valence-corrected chi connectivity index (χ3v) is 6.54. The number of aliphatic hydroxyl groups is 3. The Kier molecular flexibility index (Phi) is 5.56. The van der Waals surface area contributed by atoms with E-state index in [1.807, 2.05) is 0 Å². The third kappa shape index (κ3) is 3.58. The normalized spacial score (nSPS) is 23.7. The van der Waals surface area contributed by atoms with Crippen LogP contribution in [0.3, 0.4) is 0 Å². The van der Waals surface area contributed by atoms with E-state index in [2.05, 4.69) is 15.0 Å². The minimum atomic E-state index is -1.30. The first-order valence-electron chi connectivity index (χ1n) is 8.67. The fourth-order valence-corrected chi connectivity index (χ4v) is 4.68. The minimum absolute atomic E-state index is 0.110. The molecule has 4 atom stereocenters. The van der Waals surface area contributed by atoms with Gasteiger partial charge in [0.05, 0.1) is 0 Å². The fraction of sp³-hybridized carbons (Fsp3) is 0.294. The van der Waals surface area contributed by atoms with Crippen molar-refractivity contribution in [2.24, 2.45) is 0 Å². The van der Waals surface area contributed by atoms with E-state index < -0.39 is 51.0 Å². The molecule has 0 aliphatic carbocycles. The summed E-state index contributed by atoms with van der Waals surface area (Å²) in [7, 11) is 0. The van der Waals surface area contributed by atoms with Crippen molar-refractivity contribution in [3.8, 4) is 0 Å². The van der Waals surface area contributed by atoms with Crippen LogP contribution in [0.4, 0.5) is 5.69 Å². The Morgan fingerprint density at radius 2 is 1.93 bits per heavy atom. The third-order valence-electron chi connectivity index (χ3n) is 4.62. The van der Waals surface area contributed by atoms with Crippen molar-refractivity contribution in [3.63, 3.8) is 0 Å². The van der Waals surface area contributed by atoms with Gasteiger partial charge in [-0.05, 0) is 0 Å². The Bertz CT molecular complexity index is 1110. The quantitative estimate of drug-likeness (QED) is 0.214. The Hall–Kier alpha value is -2.80. The number of imidazole rings is 1. The number of ether oxygens (including phenoxy) is 1. The summed E-state index contributed by atoms with van der Waals surface area (Å²) in [6, 6.07) is 5.29. The van der Waals surface area contributed by atoms with Crippen LogP contribution in [-0.4, -0.2) is 84.3 Å². The summed E-state index contributed by atoms with van der Waals surface area (Å²) < 4.78 is 7.06. The maximum absolute atomic E-state index is 12.6. The predicted molar refractivity (Wildman–Crippen MR) is 101 cm³/mol. The molecule has 0 radical (unpaired) electrons. The molecule has 13 heteroatoms. The Labute approximate surface area is 174 Å². The molecule has 1 fully saturated rings. The zero-order chi connectivity index (χ0) is 21.4. The van der Waals surface area contributed by atoms with Crippen LogP contribution in [0, 0.1) is 10.1 Å². The van der Waals surface area contributed by atoms with Gasteiger partial charge in [-0.1, -0.05) is 0 Å². The van der Waals surface area contributed by atoms with Gasteiger partial charge in [0.15, 0.2) is 0 Å². The van der Waals surface area contributed by atoms with Crippen LogP contribution in [-0.2, 0) is 4.74 Å². The number of hydrogen-bond acceptors (Lipinski definition) is 10. The van der Waals surface area contributed by atoms with Crippen LogP contribution in [0.15, 0.2) is 36.9 Å². The SMILES string of the molecule is O=C([Se]c1ncnc2c1ncn2[C@@H]1O[C@H](CO)[C@@H](O)[C@H]1O)c1ccc([N+](=O)[O-])cc1. The van der Waals surface area contributed by atoms with Gasteiger partial charge in [0.25, 0.3) is 0 Å². The molecular weight excluding hydrogens is 465 g/mol. The van der Waals surface area contributed by atoms with E-state index in [1.54, 1.807) is 0 Å². The Balaban J connectivity index is 1.61. The first kappa shape index (κ1) is 20.5. The van der Waals surface area contributed by atoms with Gasteiger partial charge < -0.3 is 0 Å².